The molecular weight excluding hydrogens is 270 g/mol. The van der Waals surface area contributed by atoms with Crippen LogP contribution in [0.5, 0.6) is 0 Å². The van der Waals surface area contributed by atoms with Crippen molar-refractivity contribution < 1.29 is 19.2 Å². The largest absolute Gasteiger partial charge is 0.465 e. The lowest BCUT2D eigenvalue weighted by Crippen LogP contribution is -2.17. The fourth-order valence-corrected chi connectivity index (χ4v) is 2.23. The maximum absolute atomic E-state index is 12.1. The average molecular weight is 285 g/mol. The van der Waals surface area contributed by atoms with Gasteiger partial charge in [0.1, 0.15) is 0 Å². The van der Waals surface area contributed by atoms with E-state index in [0.29, 0.717) is 5.56 Å². The lowest BCUT2D eigenvalue weighted by atomic mass is 9.91. The predicted octanol–water partition coefficient (Wildman–Crippen LogP) is 2.48. The fraction of sp³-hybridized carbons (Fsp3) is 0.125. The summed E-state index contributed by atoms with van der Waals surface area (Å²) in [5.41, 5.74) is 2.51. The first-order chi connectivity index (χ1) is 10.1. The monoisotopic (exact) mass is 285 g/mol. The molecule has 108 valence electrons. The van der Waals surface area contributed by atoms with E-state index in [1.165, 1.54) is 13.2 Å². The molecule has 0 aliphatic heterocycles. The predicted molar refractivity (Wildman–Crippen MR) is 77.6 cm³/mol. The number of carbonyl (C=O) groups excluding carboxylic acids is 2. The number of carbonyl (C=O) groups is 2. The van der Waals surface area contributed by atoms with Crippen LogP contribution >= 0.6 is 0 Å². The van der Waals surface area contributed by atoms with E-state index in [-0.39, 0.29) is 11.1 Å². The first-order valence-corrected chi connectivity index (χ1v) is 6.28. The minimum Gasteiger partial charge on any atom is -0.465 e. The molecule has 0 heterocycles. The maximum Gasteiger partial charge on any atom is 0.357 e. The number of rotatable bonds is 3. The van der Waals surface area contributed by atoms with Gasteiger partial charge in [0.15, 0.2) is 0 Å². The second-order valence-corrected chi connectivity index (χ2v) is 4.44. The average Bonchev–Trinajstić information content (AvgIpc) is 2.53. The summed E-state index contributed by atoms with van der Waals surface area (Å²) in [5, 5.41) is 0. The molecule has 0 saturated carbocycles. The number of hydrogen-bond acceptors (Lipinski definition) is 5. The van der Waals surface area contributed by atoms with Crippen LogP contribution in [0.1, 0.15) is 26.3 Å². The van der Waals surface area contributed by atoms with Crippen LogP contribution in [-0.4, -0.2) is 19.0 Å². The Morgan fingerprint density at radius 2 is 1.67 bits per heavy atom. The topological polar surface area (TPSA) is 78.6 Å². The summed E-state index contributed by atoms with van der Waals surface area (Å²) in [4.78, 5) is 28.2. The number of methoxy groups -OCH3 is 1. The summed E-state index contributed by atoms with van der Waals surface area (Å²) >= 11 is 0. The molecule has 5 heteroatoms. The Balaban J connectivity index is 2.79. The summed E-state index contributed by atoms with van der Waals surface area (Å²) in [5.74, 6) is 3.54. The van der Waals surface area contributed by atoms with Gasteiger partial charge in [0.25, 0.3) is 0 Å². The van der Waals surface area contributed by atoms with E-state index >= 15 is 0 Å². The van der Waals surface area contributed by atoms with Gasteiger partial charge in [-0.15, -0.1) is 0 Å². The van der Waals surface area contributed by atoms with Gasteiger partial charge in [-0.1, -0.05) is 36.4 Å². The summed E-state index contributed by atoms with van der Waals surface area (Å²) < 4.78 is 4.80. The third kappa shape index (κ3) is 2.78. The van der Waals surface area contributed by atoms with Gasteiger partial charge in [-0.25, -0.2) is 9.59 Å². The van der Waals surface area contributed by atoms with Crippen molar-refractivity contribution >= 4 is 11.9 Å². The van der Waals surface area contributed by atoms with Gasteiger partial charge in [-0.05, 0) is 29.7 Å². The van der Waals surface area contributed by atoms with Gasteiger partial charge in [0.2, 0.25) is 0 Å². The highest BCUT2D eigenvalue weighted by Crippen LogP contribution is 2.30. The minimum atomic E-state index is -0.785. The van der Waals surface area contributed by atoms with Gasteiger partial charge >= 0.3 is 11.9 Å². The van der Waals surface area contributed by atoms with Crippen LogP contribution in [-0.2, 0) is 9.57 Å². The smallest absolute Gasteiger partial charge is 0.357 e. The first-order valence-electron chi connectivity index (χ1n) is 6.28. The van der Waals surface area contributed by atoms with Crippen LogP contribution in [0.15, 0.2) is 42.5 Å². The number of esters is 1. The molecule has 2 aromatic carbocycles. The molecule has 0 bridgehead atoms. The second-order valence-electron chi connectivity index (χ2n) is 4.44. The summed E-state index contributed by atoms with van der Waals surface area (Å²) in [6.07, 6.45) is 0. The molecule has 0 saturated heterocycles. The quantitative estimate of drug-likeness (QED) is 0.692. The Hall–Kier alpha value is -2.66. The van der Waals surface area contributed by atoms with Gasteiger partial charge in [0.05, 0.1) is 18.2 Å². The lowest BCUT2D eigenvalue weighted by molar-refractivity contribution is 0.0485. The van der Waals surface area contributed by atoms with E-state index in [9.17, 15) is 9.59 Å². The van der Waals surface area contributed by atoms with E-state index in [1.54, 1.807) is 6.07 Å². The highest BCUT2D eigenvalue weighted by atomic mass is 16.7. The zero-order chi connectivity index (χ0) is 15.4. The highest BCUT2D eigenvalue weighted by molar-refractivity contribution is 6.08. The normalized spacial score (nSPS) is 10.0. The Labute approximate surface area is 122 Å². The van der Waals surface area contributed by atoms with Crippen molar-refractivity contribution in [2.75, 3.05) is 7.11 Å². The molecule has 2 aromatic rings. The van der Waals surface area contributed by atoms with Crippen molar-refractivity contribution in [3.63, 3.8) is 0 Å². The standard InChI is InChI=1S/C16H15NO4/c1-10-8-9-12(15(18)21-17)14(16(19)20-2)13(10)11-6-4-3-5-7-11/h3-9H,17H2,1-2H3. The zero-order valence-electron chi connectivity index (χ0n) is 11.8. The van der Waals surface area contributed by atoms with Crippen molar-refractivity contribution in [2.45, 2.75) is 6.92 Å². The van der Waals surface area contributed by atoms with Crippen LogP contribution in [0.2, 0.25) is 0 Å². The molecule has 0 aliphatic rings. The minimum absolute atomic E-state index is 0.0776. The molecule has 0 amide bonds. The third-order valence-electron chi connectivity index (χ3n) is 3.19. The molecule has 0 unspecified atom stereocenters. The van der Waals surface area contributed by atoms with Crippen molar-refractivity contribution in [1.82, 2.24) is 0 Å². The van der Waals surface area contributed by atoms with Crippen molar-refractivity contribution in [3.8, 4) is 11.1 Å². The molecule has 0 aliphatic carbocycles. The molecule has 0 radical (unpaired) electrons. The fourth-order valence-electron chi connectivity index (χ4n) is 2.23. The molecular formula is C16H15NO4. The first kappa shape index (κ1) is 14.7. The molecule has 5 nitrogen and oxygen atoms in total. The van der Waals surface area contributed by atoms with Gasteiger partial charge < -0.3 is 9.57 Å². The zero-order valence-corrected chi connectivity index (χ0v) is 11.8. The Bertz CT molecular complexity index is 680. The second kappa shape index (κ2) is 6.19. The number of benzene rings is 2. The molecule has 0 fully saturated rings. The van der Waals surface area contributed by atoms with Crippen molar-refractivity contribution in [3.05, 3.63) is 59.2 Å². The highest BCUT2D eigenvalue weighted by Gasteiger charge is 2.24. The molecule has 2 N–H and O–H groups in total. The third-order valence-corrected chi connectivity index (χ3v) is 3.19. The van der Waals surface area contributed by atoms with Crippen molar-refractivity contribution in [2.24, 2.45) is 5.90 Å². The lowest BCUT2D eigenvalue weighted by Gasteiger charge is -2.14. The maximum atomic E-state index is 12.1. The molecule has 2 rings (SSSR count). The van der Waals surface area contributed by atoms with Crippen LogP contribution in [0.25, 0.3) is 11.1 Å². The molecule has 0 aromatic heterocycles. The molecule has 21 heavy (non-hydrogen) atoms. The van der Waals surface area contributed by atoms with Crippen LogP contribution in [0, 0.1) is 6.92 Å². The summed E-state index contributed by atoms with van der Waals surface area (Å²) in [6, 6.07) is 12.5. The van der Waals surface area contributed by atoms with Gasteiger partial charge in [0, 0.05) is 0 Å². The van der Waals surface area contributed by atoms with Gasteiger partial charge in [-0.3, -0.25) is 0 Å². The van der Waals surface area contributed by atoms with Crippen LogP contribution < -0.4 is 5.90 Å². The Morgan fingerprint density at radius 1 is 1.00 bits per heavy atom. The van der Waals surface area contributed by atoms with Crippen molar-refractivity contribution in [1.29, 1.82) is 0 Å². The number of hydrogen-bond donors (Lipinski definition) is 1. The number of aryl methyl sites for hydroxylation is 1. The van der Waals surface area contributed by atoms with E-state index in [2.05, 4.69) is 4.84 Å². The molecule has 0 atom stereocenters. The van der Waals surface area contributed by atoms with E-state index in [4.69, 9.17) is 10.6 Å². The van der Waals surface area contributed by atoms with Gasteiger partial charge in [-0.2, -0.15) is 5.90 Å². The van der Waals surface area contributed by atoms with E-state index in [1.807, 2.05) is 37.3 Å². The Kier molecular flexibility index (Phi) is 4.35. The Morgan fingerprint density at radius 3 is 2.24 bits per heavy atom. The van der Waals surface area contributed by atoms with Crippen LogP contribution in [0.4, 0.5) is 0 Å². The summed E-state index contributed by atoms with van der Waals surface area (Å²) in [6.45, 7) is 1.85. The van der Waals surface area contributed by atoms with E-state index < -0.39 is 11.9 Å². The van der Waals surface area contributed by atoms with E-state index in [0.717, 1.165) is 11.1 Å². The summed E-state index contributed by atoms with van der Waals surface area (Å²) in [7, 11) is 1.26. The number of nitrogens with two attached hydrogens (primary N) is 1. The molecule has 0 spiro atoms. The number of ether oxygens (including phenoxy) is 1. The van der Waals surface area contributed by atoms with Crippen LogP contribution in [0.3, 0.4) is 0 Å². The SMILES string of the molecule is COC(=O)c1c(C(=O)ON)ccc(C)c1-c1ccccc1.